The Bertz CT molecular complexity index is 350. The molecule has 17 heavy (non-hydrogen) atoms. The zero-order valence-electron chi connectivity index (χ0n) is 12.2. The zero-order valence-corrected chi connectivity index (χ0v) is 12.2. The molecule has 1 aromatic rings. The van der Waals surface area contributed by atoms with Gasteiger partial charge in [-0.1, -0.05) is 27.2 Å². The molecule has 0 saturated carbocycles. The summed E-state index contributed by atoms with van der Waals surface area (Å²) >= 11 is 0. The second-order valence-corrected chi connectivity index (χ2v) is 6.01. The van der Waals surface area contributed by atoms with Crippen molar-refractivity contribution in [3.05, 3.63) is 11.9 Å². The molecule has 0 bridgehead atoms. The molecule has 0 amide bonds. The van der Waals surface area contributed by atoms with Crippen LogP contribution >= 0.6 is 0 Å². The fourth-order valence-corrected chi connectivity index (χ4v) is 2.17. The van der Waals surface area contributed by atoms with Gasteiger partial charge in [0.15, 0.2) is 0 Å². The van der Waals surface area contributed by atoms with E-state index in [-0.39, 0.29) is 5.54 Å². The van der Waals surface area contributed by atoms with Crippen molar-refractivity contribution in [2.45, 2.75) is 66.5 Å². The summed E-state index contributed by atoms with van der Waals surface area (Å²) in [5.74, 6) is 1.65. The number of aromatic nitrogens is 2. The summed E-state index contributed by atoms with van der Waals surface area (Å²) in [6.07, 6.45) is 4.47. The van der Waals surface area contributed by atoms with E-state index >= 15 is 0 Å². The van der Waals surface area contributed by atoms with Crippen LogP contribution in [0.15, 0.2) is 6.20 Å². The van der Waals surface area contributed by atoms with Gasteiger partial charge in [0.25, 0.3) is 0 Å². The molecule has 3 heteroatoms. The highest BCUT2D eigenvalue weighted by Gasteiger charge is 2.19. The number of hydrogen-bond donors (Lipinski definition) is 1. The van der Waals surface area contributed by atoms with Crippen LogP contribution in [0.4, 0.5) is 5.95 Å². The summed E-state index contributed by atoms with van der Waals surface area (Å²) in [5.41, 5.74) is 1.20. The third kappa shape index (κ3) is 4.41. The smallest absolute Gasteiger partial charge is 0.203 e. The molecular formula is C14H27N3. The maximum Gasteiger partial charge on any atom is 0.203 e. The van der Waals surface area contributed by atoms with Crippen molar-refractivity contribution < 1.29 is 0 Å². The molecule has 0 unspecified atom stereocenters. The summed E-state index contributed by atoms with van der Waals surface area (Å²) in [7, 11) is 0. The number of nitrogens with zero attached hydrogens (tertiary/aromatic N) is 2. The van der Waals surface area contributed by atoms with Crippen molar-refractivity contribution in [3.8, 4) is 0 Å². The maximum atomic E-state index is 4.58. The van der Waals surface area contributed by atoms with Crippen molar-refractivity contribution in [3.63, 3.8) is 0 Å². The zero-order chi connectivity index (χ0) is 13.1. The Hall–Kier alpha value is -0.990. The maximum absolute atomic E-state index is 4.58. The van der Waals surface area contributed by atoms with Gasteiger partial charge in [-0.2, -0.15) is 0 Å². The van der Waals surface area contributed by atoms with Gasteiger partial charge in [0, 0.05) is 18.3 Å². The van der Waals surface area contributed by atoms with Crippen molar-refractivity contribution in [1.82, 2.24) is 9.55 Å². The summed E-state index contributed by atoms with van der Waals surface area (Å²) in [6, 6.07) is 0. The van der Waals surface area contributed by atoms with Gasteiger partial charge in [0.2, 0.25) is 5.95 Å². The minimum absolute atomic E-state index is 0.112. The van der Waals surface area contributed by atoms with Crippen LogP contribution in [0.1, 0.15) is 53.2 Å². The highest BCUT2D eigenvalue weighted by molar-refractivity contribution is 5.32. The lowest BCUT2D eigenvalue weighted by molar-refractivity contribution is 0.486. The highest BCUT2D eigenvalue weighted by atomic mass is 15.2. The SMILES string of the molecule is CCCC(C)(C)Nc1nc(C)cn1CC(C)C. The van der Waals surface area contributed by atoms with Gasteiger partial charge in [0.1, 0.15) is 0 Å². The lowest BCUT2D eigenvalue weighted by Crippen LogP contribution is -2.32. The minimum Gasteiger partial charge on any atom is -0.351 e. The van der Waals surface area contributed by atoms with Crippen molar-refractivity contribution in [2.75, 3.05) is 5.32 Å². The molecule has 0 spiro atoms. The third-order valence-electron chi connectivity index (χ3n) is 2.78. The first-order valence-corrected chi connectivity index (χ1v) is 6.66. The van der Waals surface area contributed by atoms with E-state index in [1.54, 1.807) is 0 Å². The number of imidazole rings is 1. The standard InChI is InChI=1S/C14H27N3/c1-7-8-14(5,6)16-13-15-12(4)10-17(13)9-11(2)3/h10-11H,7-9H2,1-6H3,(H,15,16). The first kappa shape index (κ1) is 14.1. The van der Waals surface area contributed by atoms with Crippen LogP contribution in [0.2, 0.25) is 0 Å². The molecule has 0 aliphatic carbocycles. The minimum atomic E-state index is 0.112. The molecule has 0 saturated heterocycles. The predicted octanol–water partition coefficient (Wildman–Crippen LogP) is 3.84. The first-order valence-electron chi connectivity index (χ1n) is 6.66. The largest absolute Gasteiger partial charge is 0.351 e. The van der Waals surface area contributed by atoms with E-state index in [1.165, 1.54) is 6.42 Å². The normalized spacial score (nSPS) is 12.2. The van der Waals surface area contributed by atoms with E-state index in [0.717, 1.165) is 24.6 Å². The van der Waals surface area contributed by atoms with Gasteiger partial charge in [-0.05, 0) is 33.1 Å². The van der Waals surface area contributed by atoms with Crippen LogP contribution in [0.3, 0.4) is 0 Å². The lowest BCUT2D eigenvalue weighted by atomic mass is 9.99. The molecule has 98 valence electrons. The summed E-state index contributed by atoms with van der Waals surface area (Å²) < 4.78 is 2.23. The summed E-state index contributed by atoms with van der Waals surface area (Å²) in [4.78, 5) is 4.58. The molecule has 1 N–H and O–H groups in total. The number of hydrogen-bond acceptors (Lipinski definition) is 2. The molecule has 3 nitrogen and oxygen atoms in total. The fraction of sp³-hybridized carbons (Fsp3) is 0.786. The van der Waals surface area contributed by atoms with Gasteiger partial charge in [-0.25, -0.2) is 4.98 Å². The Labute approximate surface area is 106 Å². The molecule has 0 aliphatic rings. The van der Waals surface area contributed by atoms with E-state index < -0.39 is 0 Å². The second-order valence-electron chi connectivity index (χ2n) is 6.01. The van der Waals surface area contributed by atoms with Gasteiger partial charge in [-0.3, -0.25) is 0 Å². The number of anilines is 1. The third-order valence-corrected chi connectivity index (χ3v) is 2.78. The number of aryl methyl sites for hydroxylation is 1. The number of nitrogens with one attached hydrogen (secondary N) is 1. The topological polar surface area (TPSA) is 29.9 Å². The molecule has 0 fully saturated rings. The predicted molar refractivity (Wildman–Crippen MR) is 74.4 cm³/mol. The van der Waals surface area contributed by atoms with E-state index in [4.69, 9.17) is 0 Å². The average Bonchev–Trinajstić information content (AvgIpc) is 2.43. The van der Waals surface area contributed by atoms with Gasteiger partial charge in [-0.15, -0.1) is 0 Å². The summed E-state index contributed by atoms with van der Waals surface area (Å²) in [5, 5.41) is 3.57. The van der Waals surface area contributed by atoms with Crippen molar-refractivity contribution in [2.24, 2.45) is 5.92 Å². The van der Waals surface area contributed by atoms with Crippen molar-refractivity contribution >= 4 is 5.95 Å². The van der Waals surface area contributed by atoms with Gasteiger partial charge in [0.05, 0.1) is 5.69 Å². The van der Waals surface area contributed by atoms with Crippen molar-refractivity contribution in [1.29, 1.82) is 0 Å². The Morgan fingerprint density at radius 3 is 2.59 bits per heavy atom. The Balaban J connectivity index is 2.82. The van der Waals surface area contributed by atoms with Crippen LogP contribution in [-0.4, -0.2) is 15.1 Å². The van der Waals surface area contributed by atoms with E-state index in [1.807, 2.05) is 0 Å². The van der Waals surface area contributed by atoms with Crippen LogP contribution in [0.25, 0.3) is 0 Å². The first-order chi connectivity index (χ1) is 7.84. The summed E-state index contributed by atoms with van der Waals surface area (Å²) in [6.45, 7) is 14.2. The Kier molecular flexibility index (Phi) is 4.61. The molecule has 1 rings (SSSR count). The monoisotopic (exact) mass is 237 g/mol. The molecule has 0 aromatic carbocycles. The quantitative estimate of drug-likeness (QED) is 0.814. The van der Waals surface area contributed by atoms with E-state index in [9.17, 15) is 0 Å². The molecule has 1 heterocycles. The lowest BCUT2D eigenvalue weighted by Gasteiger charge is -2.27. The van der Waals surface area contributed by atoms with E-state index in [0.29, 0.717) is 5.92 Å². The molecular weight excluding hydrogens is 210 g/mol. The Morgan fingerprint density at radius 1 is 1.41 bits per heavy atom. The van der Waals surface area contributed by atoms with Gasteiger partial charge < -0.3 is 9.88 Å². The average molecular weight is 237 g/mol. The Morgan fingerprint density at radius 2 is 2.06 bits per heavy atom. The fourth-order valence-electron chi connectivity index (χ4n) is 2.17. The van der Waals surface area contributed by atoms with Crippen LogP contribution in [0, 0.1) is 12.8 Å². The van der Waals surface area contributed by atoms with Gasteiger partial charge >= 0.3 is 0 Å². The molecule has 1 aromatic heterocycles. The molecule has 0 atom stereocenters. The van der Waals surface area contributed by atoms with Crippen LogP contribution in [-0.2, 0) is 6.54 Å². The van der Waals surface area contributed by atoms with Crippen LogP contribution < -0.4 is 5.32 Å². The number of rotatable bonds is 6. The highest BCUT2D eigenvalue weighted by Crippen LogP contribution is 2.20. The van der Waals surface area contributed by atoms with Crippen LogP contribution in [0.5, 0.6) is 0 Å². The van der Waals surface area contributed by atoms with E-state index in [2.05, 4.69) is 62.6 Å². The molecule has 0 aliphatic heterocycles. The second kappa shape index (κ2) is 5.56. The molecule has 0 radical (unpaired) electrons.